The minimum atomic E-state index is -3.83. The van der Waals surface area contributed by atoms with E-state index >= 15 is 0 Å². The lowest BCUT2D eigenvalue weighted by Gasteiger charge is -2.31. The number of hydrogen-bond acceptors (Lipinski definition) is 5. The molecule has 2 aromatic rings. The van der Waals surface area contributed by atoms with E-state index in [9.17, 15) is 13.2 Å². The molecule has 0 aromatic heterocycles. The molecule has 0 saturated carbocycles. The summed E-state index contributed by atoms with van der Waals surface area (Å²) in [7, 11) is -3.83. The van der Waals surface area contributed by atoms with Gasteiger partial charge in [-0.15, -0.1) is 0 Å². The highest BCUT2D eigenvalue weighted by Gasteiger charge is 2.44. The zero-order valence-electron chi connectivity index (χ0n) is 19.1. The predicted octanol–water partition coefficient (Wildman–Crippen LogP) is 2.79. The van der Waals surface area contributed by atoms with Crippen molar-refractivity contribution in [2.45, 2.75) is 57.4 Å². The standard InChI is InChI=1S/C24H32N4O3S/c1-16(2)19-9-11-21(12-10-19)28(32(30,31)24-17(3)25-26-18(24)4)15-23(29)27-14-13-20-7-5-6-8-22(20)27/h5-12,16-18,24-26H,13-15H2,1-4H3. The maximum absolute atomic E-state index is 13.8. The lowest BCUT2D eigenvalue weighted by Crippen LogP contribution is -2.50. The number of para-hydroxylation sites is 1. The summed E-state index contributed by atoms with van der Waals surface area (Å²) < 4.78 is 29.0. The van der Waals surface area contributed by atoms with E-state index in [1.54, 1.807) is 4.90 Å². The van der Waals surface area contributed by atoms with E-state index in [2.05, 4.69) is 24.7 Å². The Kier molecular flexibility index (Phi) is 6.29. The molecule has 2 atom stereocenters. The van der Waals surface area contributed by atoms with Gasteiger partial charge in [-0.05, 0) is 55.5 Å². The first kappa shape index (κ1) is 22.8. The number of nitrogens with one attached hydrogen (secondary N) is 2. The van der Waals surface area contributed by atoms with Crippen LogP contribution in [0.2, 0.25) is 0 Å². The maximum atomic E-state index is 13.8. The number of sulfonamides is 1. The van der Waals surface area contributed by atoms with Gasteiger partial charge in [0.25, 0.3) is 0 Å². The third kappa shape index (κ3) is 4.14. The van der Waals surface area contributed by atoms with Crippen molar-refractivity contribution in [1.82, 2.24) is 10.9 Å². The first-order valence-corrected chi connectivity index (χ1v) is 12.7. The Bertz CT molecular complexity index is 1070. The number of rotatable bonds is 6. The van der Waals surface area contributed by atoms with Crippen LogP contribution in [0.25, 0.3) is 0 Å². The molecule has 1 amide bonds. The van der Waals surface area contributed by atoms with E-state index in [0.717, 1.165) is 23.2 Å². The average Bonchev–Trinajstić information content (AvgIpc) is 3.35. The van der Waals surface area contributed by atoms with Crippen LogP contribution in [0.15, 0.2) is 48.5 Å². The molecule has 0 aliphatic carbocycles. The summed E-state index contributed by atoms with van der Waals surface area (Å²) in [5.74, 6) is 0.116. The van der Waals surface area contributed by atoms with E-state index in [4.69, 9.17) is 0 Å². The molecule has 2 aliphatic heterocycles. The van der Waals surface area contributed by atoms with Crippen LogP contribution >= 0.6 is 0 Å². The average molecular weight is 457 g/mol. The quantitative estimate of drug-likeness (QED) is 0.699. The summed E-state index contributed by atoms with van der Waals surface area (Å²) in [6.07, 6.45) is 0.780. The van der Waals surface area contributed by atoms with Gasteiger partial charge in [0.15, 0.2) is 0 Å². The molecule has 32 heavy (non-hydrogen) atoms. The van der Waals surface area contributed by atoms with Crippen molar-refractivity contribution in [1.29, 1.82) is 0 Å². The van der Waals surface area contributed by atoms with Crippen LogP contribution in [0.4, 0.5) is 11.4 Å². The number of nitrogens with zero attached hydrogens (tertiary/aromatic N) is 2. The summed E-state index contributed by atoms with van der Waals surface area (Å²) in [6, 6.07) is 14.7. The van der Waals surface area contributed by atoms with Crippen LogP contribution in [0, 0.1) is 0 Å². The summed E-state index contributed by atoms with van der Waals surface area (Å²) in [5.41, 5.74) is 9.67. The molecular formula is C24H32N4O3S. The minimum absolute atomic E-state index is 0.217. The molecular weight excluding hydrogens is 424 g/mol. The molecule has 7 nitrogen and oxygen atoms in total. The molecule has 2 aliphatic rings. The lowest BCUT2D eigenvalue weighted by molar-refractivity contribution is -0.117. The van der Waals surface area contributed by atoms with Gasteiger partial charge in [-0.2, -0.15) is 0 Å². The Morgan fingerprint density at radius 3 is 2.31 bits per heavy atom. The summed E-state index contributed by atoms with van der Waals surface area (Å²) in [4.78, 5) is 15.1. The number of hydrazine groups is 1. The zero-order chi connectivity index (χ0) is 23.0. The van der Waals surface area contributed by atoms with Crippen LogP contribution < -0.4 is 20.1 Å². The molecule has 4 rings (SSSR count). The van der Waals surface area contributed by atoms with Crippen molar-refractivity contribution in [3.05, 3.63) is 59.7 Å². The highest BCUT2D eigenvalue weighted by atomic mass is 32.2. The monoisotopic (exact) mass is 456 g/mol. The number of carbonyl (C=O) groups is 1. The highest BCUT2D eigenvalue weighted by molar-refractivity contribution is 7.93. The smallest absolute Gasteiger partial charge is 0.247 e. The second kappa shape index (κ2) is 8.84. The van der Waals surface area contributed by atoms with Gasteiger partial charge in [0, 0.05) is 24.3 Å². The second-order valence-corrected chi connectivity index (χ2v) is 11.1. The second-order valence-electron chi connectivity index (χ2n) is 9.05. The predicted molar refractivity (Wildman–Crippen MR) is 128 cm³/mol. The fourth-order valence-electron chi connectivity index (χ4n) is 4.68. The summed E-state index contributed by atoms with van der Waals surface area (Å²) in [6.45, 7) is 8.22. The largest absolute Gasteiger partial charge is 0.310 e. The Labute approximate surface area is 190 Å². The van der Waals surface area contributed by atoms with Crippen molar-refractivity contribution in [2.24, 2.45) is 0 Å². The maximum Gasteiger partial charge on any atom is 0.247 e. The summed E-state index contributed by atoms with van der Waals surface area (Å²) in [5, 5.41) is -0.689. The lowest BCUT2D eigenvalue weighted by atomic mass is 10.0. The normalized spacial score (nSPS) is 22.9. The van der Waals surface area contributed by atoms with Crippen LogP contribution in [-0.4, -0.2) is 44.7 Å². The molecule has 0 bridgehead atoms. The fraction of sp³-hybridized carbons (Fsp3) is 0.458. The highest BCUT2D eigenvalue weighted by Crippen LogP contribution is 2.30. The fourth-order valence-corrected chi connectivity index (χ4v) is 6.85. The third-order valence-corrected chi connectivity index (χ3v) is 8.95. The van der Waals surface area contributed by atoms with Gasteiger partial charge in [0.2, 0.25) is 15.9 Å². The third-order valence-electron chi connectivity index (χ3n) is 6.49. The van der Waals surface area contributed by atoms with E-state index in [-0.39, 0.29) is 24.5 Å². The van der Waals surface area contributed by atoms with Crippen LogP contribution in [-0.2, 0) is 21.2 Å². The Morgan fingerprint density at radius 2 is 1.69 bits per heavy atom. The van der Waals surface area contributed by atoms with Gasteiger partial charge >= 0.3 is 0 Å². The number of carbonyl (C=O) groups excluding carboxylic acids is 1. The molecule has 0 spiro atoms. The van der Waals surface area contributed by atoms with E-state index in [0.29, 0.717) is 18.2 Å². The van der Waals surface area contributed by atoms with Crippen molar-refractivity contribution < 1.29 is 13.2 Å². The van der Waals surface area contributed by atoms with E-state index < -0.39 is 15.3 Å². The van der Waals surface area contributed by atoms with Gasteiger partial charge in [-0.3, -0.25) is 20.0 Å². The number of benzene rings is 2. The number of amides is 1. The van der Waals surface area contributed by atoms with Gasteiger partial charge in [0.05, 0.1) is 5.69 Å². The van der Waals surface area contributed by atoms with Crippen LogP contribution in [0.3, 0.4) is 0 Å². The van der Waals surface area contributed by atoms with Gasteiger partial charge in [0.1, 0.15) is 11.8 Å². The van der Waals surface area contributed by atoms with Crippen molar-refractivity contribution in [3.63, 3.8) is 0 Å². The van der Waals surface area contributed by atoms with Gasteiger partial charge in [-0.1, -0.05) is 44.2 Å². The van der Waals surface area contributed by atoms with Crippen molar-refractivity contribution in [3.8, 4) is 0 Å². The number of hydrogen-bond donors (Lipinski definition) is 2. The van der Waals surface area contributed by atoms with E-state index in [1.807, 2.05) is 62.4 Å². The molecule has 172 valence electrons. The molecule has 1 fully saturated rings. The van der Waals surface area contributed by atoms with Crippen molar-refractivity contribution in [2.75, 3.05) is 22.3 Å². The first-order chi connectivity index (χ1) is 15.2. The van der Waals surface area contributed by atoms with Gasteiger partial charge in [-0.25, -0.2) is 8.42 Å². The Balaban J connectivity index is 1.69. The van der Waals surface area contributed by atoms with Crippen molar-refractivity contribution >= 4 is 27.3 Å². The zero-order valence-corrected chi connectivity index (χ0v) is 19.9. The minimum Gasteiger partial charge on any atom is -0.310 e. The number of anilines is 2. The van der Waals surface area contributed by atoms with Gasteiger partial charge < -0.3 is 4.90 Å². The molecule has 2 heterocycles. The summed E-state index contributed by atoms with van der Waals surface area (Å²) >= 11 is 0. The SMILES string of the molecule is CC(C)c1ccc(N(CC(=O)N2CCc3ccccc32)S(=O)(=O)C2C(C)NNC2C)cc1. The van der Waals surface area contributed by atoms with Crippen LogP contribution in [0.5, 0.6) is 0 Å². The number of fused-ring (bicyclic) bond motifs is 1. The Hall–Kier alpha value is -2.42. The molecule has 2 N–H and O–H groups in total. The molecule has 2 aromatic carbocycles. The van der Waals surface area contributed by atoms with Crippen LogP contribution in [0.1, 0.15) is 44.7 Å². The molecule has 2 unspecified atom stereocenters. The first-order valence-electron chi connectivity index (χ1n) is 11.2. The topological polar surface area (TPSA) is 81.8 Å². The molecule has 8 heteroatoms. The molecule has 0 radical (unpaired) electrons. The van der Waals surface area contributed by atoms with E-state index in [1.165, 1.54) is 4.31 Å². The Morgan fingerprint density at radius 1 is 1.06 bits per heavy atom. The molecule has 1 saturated heterocycles.